The number of carbonyl (C=O) groups excluding carboxylic acids is 5. The molecule has 0 spiro atoms. The number of pyridine rings is 1. The number of allylic oxidation sites excluding steroid dienone is 1. The first-order valence-electron chi connectivity index (χ1n) is 28.7. The van der Waals surface area contributed by atoms with Crippen molar-refractivity contribution in [3.63, 3.8) is 0 Å². The lowest BCUT2D eigenvalue weighted by atomic mass is 9.72. The number of aromatic nitrogens is 2. The fourth-order valence-electron chi connectivity index (χ4n) is 12.1. The third-order valence-corrected chi connectivity index (χ3v) is 18.3. The number of piperidine rings is 2. The predicted octanol–water partition coefficient (Wildman–Crippen LogP) is 9.06. The van der Waals surface area contributed by atoms with Crippen molar-refractivity contribution in [3.05, 3.63) is 152 Å². The van der Waals surface area contributed by atoms with Crippen molar-refractivity contribution >= 4 is 84.8 Å². The van der Waals surface area contributed by atoms with Crippen LogP contribution in [-0.4, -0.2) is 126 Å². The molecule has 3 fully saturated rings. The van der Waals surface area contributed by atoms with E-state index in [4.69, 9.17) is 16.3 Å². The van der Waals surface area contributed by atoms with E-state index in [9.17, 15) is 42.5 Å². The number of nitrogens with one attached hydrogen (secondary N) is 4. The van der Waals surface area contributed by atoms with Crippen LogP contribution < -0.4 is 25.0 Å². The molecule has 2 unspecified atom stereocenters. The molecule has 0 bridgehead atoms. The van der Waals surface area contributed by atoms with E-state index in [0.717, 1.165) is 62.5 Å². The summed E-state index contributed by atoms with van der Waals surface area (Å²) < 4.78 is 36.5. The van der Waals surface area contributed by atoms with Crippen molar-refractivity contribution < 1.29 is 42.1 Å². The van der Waals surface area contributed by atoms with E-state index in [-0.39, 0.29) is 84.8 Å². The van der Waals surface area contributed by atoms with Crippen molar-refractivity contribution in [1.82, 2.24) is 34.7 Å². The molecule has 22 heteroatoms. The molecule has 4 N–H and O–H groups in total. The molecule has 2 atom stereocenters. The number of piperazine rings is 1. The Bertz CT molecular complexity index is 3860. The lowest BCUT2D eigenvalue weighted by Crippen LogP contribution is -2.52. The lowest BCUT2D eigenvalue weighted by Gasteiger charge is -2.39. The second kappa shape index (κ2) is 24.6. The number of nitro groups is 1. The Morgan fingerprint density at radius 1 is 0.953 bits per heavy atom. The molecule has 6 aromatic rings. The number of hydrogen-bond acceptors (Lipinski definition) is 14. The summed E-state index contributed by atoms with van der Waals surface area (Å²) >= 11 is 6.27. The van der Waals surface area contributed by atoms with Gasteiger partial charge in [0, 0.05) is 124 Å². The molecule has 0 radical (unpaired) electrons. The van der Waals surface area contributed by atoms with E-state index in [1.807, 2.05) is 18.2 Å². The molecule has 4 aromatic carbocycles. The van der Waals surface area contributed by atoms with Gasteiger partial charge in [0.05, 0.1) is 21.6 Å². The summed E-state index contributed by atoms with van der Waals surface area (Å²) in [7, 11) is -4.68. The van der Waals surface area contributed by atoms with Gasteiger partial charge in [0.2, 0.25) is 17.7 Å². The Balaban J connectivity index is 0.718. The number of nitrogens with zero attached hydrogens (tertiary/aromatic N) is 6. The topological polar surface area (TPSA) is 250 Å². The second-order valence-corrected chi connectivity index (χ2v) is 25.3. The summed E-state index contributed by atoms with van der Waals surface area (Å²) in [6.45, 7) is 9.81. The van der Waals surface area contributed by atoms with Crippen molar-refractivity contribution in [2.45, 2.75) is 89.1 Å². The Morgan fingerprint density at radius 2 is 1.76 bits per heavy atom. The molecule has 85 heavy (non-hydrogen) atoms. The number of anilines is 2. The van der Waals surface area contributed by atoms with Crippen LogP contribution in [0.2, 0.25) is 5.02 Å². The molecule has 11 rings (SSSR count). The van der Waals surface area contributed by atoms with Gasteiger partial charge < -0.3 is 29.7 Å². The fourth-order valence-corrected chi connectivity index (χ4v) is 13.2. The number of likely N-dealkylation sites (tertiary alicyclic amines) is 1. The zero-order valence-electron chi connectivity index (χ0n) is 47.2. The van der Waals surface area contributed by atoms with Crippen molar-refractivity contribution in [1.29, 1.82) is 0 Å². The van der Waals surface area contributed by atoms with Crippen LogP contribution in [0, 0.1) is 33.3 Å². The van der Waals surface area contributed by atoms with Gasteiger partial charge in [0.25, 0.3) is 27.5 Å². The van der Waals surface area contributed by atoms with E-state index in [0.29, 0.717) is 65.7 Å². The summed E-state index contributed by atoms with van der Waals surface area (Å²) in [4.78, 5) is 91.8. The zero-order chi connectivity index (χ0) is 59.6. The number of amides is 5. The highest BCUT2D eigenvalue weighted by atomic mass is 35.5. The molecule has 20 nitrogen and oxygen atoms in total. The number of imide groups is 1. The quantitative estimate of drug-likeness (QED) is 0.0306. The third-order valence-electron chi connectivity index (χ3n) is 16.8. The maximum absolute atomic E-state index is 14.2. The average Bonchev–Trinajstić information content (AvgIpc) is 3.38. The Hall–Kier alpha value is -8.58. The molecule has 1 aliphatic carbocycles. The van der Waals surface area contributed by atoms with E-state index in [2.05, 4.69) is 72.9 Å². The van der Waals surface area contributed by atoms with E-state index in [1.54, 1.807) is 47.5 Å². The number of ether oxygens (including phenoxy) is 1. The van der Waals surface area contributed by atoms with E-state index < -0.39 is 43.4 Å². The summed E-state index contributed by atoms with van der Waals surface area (Å²) in [5.41, 5.74) is 6.89. The number of fused-ring (bicyclic) bond motifs is 2. The van der Waals surface area contributed by atoms with Crippen LogP contribution in [0.3, 0.4) is 0 Å². The Kier molecular flexibility index (Phi) is 16.8. The first-order chi connectivity index (χ1) is 40.8. The highest BCUT2D eigenvalue weighted by Crippen LogP contribution is 2.44. The average molecular weight is 1190 g/mol. The number of hydrogen-bond donors (Lipinski definition) is 4. The number of benzene rings is 4. The first-order valence-corrected chi connectivity index (χ1v) is 30.5. The summed E-state index contributed by atoms with van der Waals surface area (Å²) in [6, 6.07) is 24.6. The zero-order valence-corrected chi connectivity index (χ0v) is 48.8. The van der Waals surface area contributed by atoms with Crippen molar-refractivity contribution in [2.24, 2.45) is 11.3 Å². The van der Waals surface area contributed by atoms with Crippen LogP contribution in [0.25, 0.3) is 16.6 Å². The molecular formula is C63H65ClN10O10S. The van der Waals surface area contributed by atoms with Gasteiger partial charge in [-0.15, -0.1) is 0 Å². The lowest BCUT2D eigenvalue weighted by molar-refractivity contribution is -0.384. The number of aromatic amines is 1. The van der Waals surface area contributed by atoms with Gasteiger partial charge in [-0.25, -0.2) is 18.1 Å². The third kappa shape index (κ3) is 13.2. The summed E-state index contributed by atoms with van der Waals surface area (Å²) in [5.74, 6) is 4.24. The standard InChI is InChI=1S/C63H65ClN10O10S/c1-63(2)24-22-44(51(34-63)42-12-14-45(64)15-13-42)38-70-27-29-71(30-28-70)46-16-18-50(56(32-46)84-47-31-43-23-25-65-59(43)67-36-47)60(77)69-85(82,83)48-17-19-53(55(33-48)74(80)81)66-35-40-7-6-26-72(37-40)58(76)11-4-3-8-41-9-5-10-49-52(41)39-73(62(49)79)54-20-21-57(75)68-61(54)78/h5,9-10,12-19,23,25,31-33,36,40,54,66H,4,6-7,11,20-22,24,26-30,34-35,37-39H2,1-2H3,(H,65,67)(H,69,77)(H,68,75,78). The molecule has 440 valence electrons. The van der Waals surface area contributed by atoms with Crippen LogP contribution in [0.1, 0.15) is 109 Å². The molecule has 0 saturated carbocycles. The largest absolute Gasteiger partial charge is 0.455 e. The molecule has 4 aliphatic heterocycles. The van der Waals surface area contributed by atoms with Gasteiger partial charge in [-0.1, -0.05) is 61.1 Å². The van der Waals surface area contributed by atoms with E-state index in [1.165, 1.54) is 46.0 Å². The number of H-pyrrole nitrogens is 1. The van der Waals surface area contributed by atoms with Gasteiger partial charge in [0.15, 0.2) is 0 Å². The van der Waals surface area contributed by atoms with Gasteiger partial charge >= 0.3 is 0 Å². The highest BCUT2D eigenvalue weighted by Gasteiger charge is 2.40. The number of carbonyl (C=O) groups is 5. The van der Waals surface area contributed by atoms with Crippen LogP contribution in [-0.2, 0) is 31.0 Å². The maximum Gasteiger partial charge on any atom is 0.293 e. The first kappa shape index (κ1) is 58.2. The monoisotopic (exact) mass is 1190 g/mol. The van der Waals surface area contributed by atoms with Crippen LogP contribution in [0.5, 0.6) is 11.5 Å². The smallest absolute Gasteiger partial charge is 0.293 e. The minimum Gasteiger partial charge on any atom is -0.455 e. The number of nitro benzene ring substituents is 1. The Morgan fingerprint density at radius 3 is 2.55 bits per heavy atom. The van der Waals surface area contributed by atoms with Crippen molar-refractivity contribution in [3.8, 4) is 23.3 Å². The van der Waals surface area contributed by atoms with Gasteiger partial charge in [-0.3, -0.25) is 44.3 Å². The summed E-state index contributed by atoms with van der Waals surface area (Å²) in [6.07, 6.45) is 8.61. The van der Waals surface area contributed by atoms with Crippen LogP contribution in [0.15, 0.2) is 114 Å². The second-order valence-electron chi connectivity index (χ2n) is 23.2. The van der Waals surface area contributed by atoms with E-state index >= 15 is 0 Å². The van der Waals surface area contributed by atoms with Crippen molar-refractivity contribution in [2.75, 3.05) is 62.6 Å². The highest BCUT2D eigenvalue weighted by molar-refractivity contribution is 7.90. The fraction of sp³-hybridized carbons (Fsp3) is 0.365. The number of rotatable bonds is 16. The van der Waals surface area contributed by atoms with Crippen LogP contribution in [0.4, 0.5) is 17.1 Å². The SMILES string of the molecule is CC1(C)CCC(CN2CCN(c3ccc(C(=O)NS(=O)(=O)c4ccc(NCC5CCCN(C(=O)CCC#Cc6cccc7c6CN(C6CCC(=O)NC6=O)C7=O)C5)c([N+](=O)[O-])c4)c(Oc4cnc5[nH]ccc5c4)c3)CC2)=C(c2ccc(Cl)cc2)C1. The molecule has 5 aliphatic rings. The maximum atomic E-state index is 14.2. The molecular weight excluding hydrogens is 1120 g/mol. The predicted molar refractivity (Wildman–Crippen MR) is 321 cm³/mol. The molecule has 6 heterocycles. The molecule has 2 aromatic heterocycles. The summed E-state index contributed by atoms with van der Waals surface area (Å²) in [5, 5.41) is 19.4. The van der Waals surface area contributed by atoms with Crippen LogP contribution >= 0.6 is 11.6 Å². The number of sulfonamides is 1. The minimum atomic E-state index is -4.68. The van der Waals surface area contributed by atoms with Gasteiger partial charge in [-0.2, -0.15) is 0 Å². The Labute approximate surface area is 497 Å². The molecule has 5 amide bonds. The van der Waals surface area contributed by atoms with Gasteiger partial charge in [0.1, 0.15) is 28.9 Å². The van der Waals surface area contributed by atoms with Gasteiger partial charge in [-0.05, 0) is 127 Å². The molecule has 3 saturated heterocycles. The normalized spacial score (nSPS) is 19.0. The minimum absolute atomic E-state index is 0.0706. The number of halogens is 1.